The molecule has 0 aliphatic heterocycles. The molecule has 0 aliphatic rings. The first kappa shape index (κ1) is 12.4. The summed E-state index contributed by atoms with van der Waals surface area (Å²) in [6.45, 7) is 1.97. The molecule has 2 aromatic rings. The number of hydrogen-bond donors (Lipinski definition) is 2. The second kappa shape index (κ2) is 5.05. The number of carboxylic acids is 1. The number of aromatic carboxylic acids is 1. The third-order valence-corrected chi connectivity index (χ3v) is 3.08. The van der Waals surface area contributed by atoms with Gasteiger partial charge in [-0.3, -0.25) is 0 Å². The Labute approximate surface area is 108 Å². The van der Waals surface area contributed by atoms with E-state index in [2.05, 4.69) is 10.3 Å². The molecule has 0 spiro atoms. The molecule has 1 heterocycles. The van der Waals surface area contributed by atoms with Crippen molar-refractivity contribution >= 4 is 28.1 Å². The highest BCUT2D eigenvalue weighted by molar-refractivity contribution is 7.14. The molecule has 5 nitrogen and oxygen atoms in total. The summed E-state index contributed by atoms with van der Waals surface area (Å²) in [6, 6.07) is 5.71. The first-order chi connectivity index (χ1) is 8.60. The number of aromatic nitrogens is 1. The van der Waals surface area contributed by atoms with Crippen molar-refractivity contribution in [3.8, 4) is 5.75 Å². The number of carbonyl (C=O) groups is 1. The van der Waals surface area contributed by atoms with E-state index in [0.29, 0.717) is 10.9 Å². The number of aryl methyl sites for hydroxylation is 1. The Morgan fingerprint density at radius 2 is 2.28 bits per heavy atom. The molecule has 0 fully saturated rings. The molecule has 0 saturated heterocycles. The van der Waals surface area contributed by atoms with Crippen LogP contribution in [0.4, 0.5) is 10.8 Å². The summed E-state index contributed by atoms with van der Waals surface area (Å²) in [5.41, 5.74) is 1.88. The van der Waals surface area contributed by atoms with Crippen LogP contribution >= 0.6 is 11.3 Å². The monoisotopic (exact) mass is 264 g/mol. The van der Waals surface area contributed by atoms with Crippen LogP contribution in [0.3, 0.4) is 0 Å². The highest BCUT2D eigenvalue weighted by Crippen LogP contribution is 2.29. The quantitative estimate of drug-likeness (QED) is 0.888. The molecule has 0 aliphatic carbocycles. The first-order valence-corrected chi connectivity index (χ1v) is 6.08. The minimum atomic E-state index is -1.03. The molecule has 1 aromatic carbocycles. The lowest BCUT2D eigenvalue weighted by molar-refractivity contribution is 0.0691. The third kappa shape index (κ3) is 2.60. The lowest BCUT2D eigenvalue weighted by Gasteiger charge is -2.09. The van der Waals surface area contributed by atoms with E-state index in [-0.39, 0.29) is 5.69 Å². The van der Waals surface area contributed by atoms with Gasteiger partial charge in [0, 0.05) is 5.38 Å². The molecule has 0 saturated carbocycles. The van der Waals surface area contributed by atoms with Gasteiger partial charge in [-0.05, 0) is 24.6 Å². The fraction of sp³-hybridized carbons (Fsp3) is 0.167. The smallest absolute Gasteiger partial charge is 0.355 e. The predicted molar refractivity (Wildman–Crippen MR) is 70.1 cm³/mol. The van der Waals surface area contributed by atoms with Crippen molar-refractivity contribution in [2.75, 3.05) is 12.4 Å². The number of hydrogen-bond acceptors (Lipinski definition) is 5. The number of ether oxygens (including phenoxy) is 1. The van der Waals surface area contributed by atoms with Gasteiger partial charge in [-0.2, -0.15) is 0 Å². The molecular formula is C12H12N2O3S. The fourth-order valence-electron chi connectivity index (χ4n) is 1.46. The number of benzene rings is 1. The highest BCUT2D eigenvalue weighted by Gasteiger charge is 2.10. The van der Waals surface area contributed by atoms with Crippen LogP contribution in [0.15, 0.2) is 23.6 Å². The Morgan fingerprint density at radius 1 is 1.50 bits per heavy atom. The van der Waals surface area contributed by atoms with Gasteiger partial charge in [0.1, 0.15) is 5.75 Å². The summed E-state index contributed by atoms with van der Waals surface area (Å²) in [4.78, 5) is 14.7. The largest absolute Gasteiger partial charge is 0.495 e. The van der Waals surface area contributed by atoms with Crippen LogP contribution in [-0.4, -0.2) is 23.2 Å². The van der Waals surface area contributed by atoms with Crippen molar-refractivity contribution in [2.24, 2.45) is 0 Å². The van der Waals surface area contributed by atoms with Crippen molar-refractivity contribution in [1.82, 2.24) is 4.98 Å². The average Bonchev–Trinajstić information content (AvgIpc) is 2.78. The second-order valence-electron chi connectivity index (χ2n) is 3.67. The van der Waals surface area contributed by atoms with Crippen LogP contribution in [-0.2, 0) is 0 Å². The van der Waals surface area contributed by atoms with Crippen LogP contribution in [0.25, 0.3) is 0 Å². The van der Waals surface area contributed by atoms with Crippen molar-refractivity contribution in [1.29, 1.82) is 0 Å². The third-order valence-electron chi connectivity index (χ3n) is 2.32. The minimum Gasteiger partial charge on any atom is -0.495 e. The normalized spacial score (nSPS) is 10.1. The van der Waals surface area contributed by atoms with Gasteiger partial charge in [0.2, 0.25) is 0 Å². The first-order valence-electron chi connectivity index (χ1n) is 5.20. The maximum absolute atomic E-state index is 10.7. The zero-order valence-electron chi connectivity index (χ0n) is 9.93. The second-order valence-corrected chi connectivity index (χ2v) is 4.53. The summed E-state index contributed by atoms with van der Waals surface area (Å²) < 4.78 is 5.22. The van der Waals surface area contributed by atoms with E-state index in [1.807, 2.05) is 25.1 Å². The molecule has 0 radical (unpaired) electrons. The molecule has 2 rings (SSSR count). The predicted octanol–water partition coefficient (Wildman–Crippen LogP) is 2.90. The van der Waals surface area contributed by atoms with E-state index in [1.165, 1.54) is 16.7 Å². The number of methoxy groups -OCH3 is 1. The Kier molecular flexibility index (Phi) is 3.47. The van der Waals surface area contributed by atoms with E-state index in [9.17, 15) is 4.79 Å². The van der Waals surface area contributed by atoms with Gasteiger partial charge in [0.15, 0.2) is 10.8 Å². The Balaban J connectivity index is 2.27. The van der Waals surface area contributed by atoms with E-state index in [4.69, 9.17) is 9.84 Å². The zero-order valence-corrected chi connectivity index (χ0v) is 10.7. The van der Waals surface area contributed by atoms with Gasteiger partial charge < -0.3 is 15.2 Å². The summed E-state index contributed by atoms with van der Waals surface area (Å²) in [5, 5.41) is 13.9. The van der Waals surface area contributed by atoms with Gasteiger partial charge in [0.25, 0.3) is 0 Å². The van der Waals surface area contributed by atoms with Gasteiger partial charge in [-0.15, -0.1) is 11.3 Å². The number of rotatable bonds is 4. The van der Waals surface area contributed by atoms with Crippen molar-refractivity contribution < 1.29 is 14.6 Å². The Bertz CT molecular complexity index is 580. The molecular weight excluding hydrogens is 252 g/mol. The summed E-state index contributed by atoms with van der Waals surface area (Å²) in [5.74, 6) is -0.344. The lowest BCUT2D eigenvalue weighted by atomic mass is 10.2. The Hall–Kier alpha value is -2.08. The van der Waals surface area contributed by atoms with Crippen LogP contribution in [0.5, 0.6) is 5.75 Å². The molecule has 2 N–H and O–H groups in total. The number of thiazole rings is 1. The molecule has 0 unspecified atom stereocenters. The molecule has 6 heteroatoms. The van der Waals surface area contributed by atoms with Crippen LogP contribution in [0.2, 0.25) is 0 Å². The maximum Gasteiger partial charge on any atom is 0.355 e. The zero-order chi connectivity index (χ0) is 13.1. The minimum absolute atomic E-state index is 0.0362. The van der Waals surface area contributed by atoms with Gasteiger partial charge in [0.05, 0.1) is 12.8 Å². The summed E-state index contributed by atoms with van der Waals surface area (Å²) in [7, 11) is 1.58. The molecule has 18 heavy (non-hydrogen) atoms. The fourth-order valence-corrected chi connectivity index (χ4v) is 2.16. The topological polar surface area (TPSA) is 71.5 Å². The number of nitrogens with one attached hydrogen (secondary N) is 1. The summed E-state index contributed by atoms with van der Waals surface area (Å²) >= 11 is 1.24. The molecule has 0 amide bonds. The Morgan fingerprint density at radius 3 is 2.89 bits per heavy atom. The van der Waals surface area contributed by atoms with E-state index in [0.717, 1.165) is 11.3 Å². The standard InChI is InChI=1S/C12H12N2O3S/c1-7-3-4-10(17-2)8(5-7)13-12-14-9(6-18-12)11(15)16/h3-6H,1-2H3,(H,13,14)(H,15,16). The van der Waals surface area contributed by atoms with Crippen LogP contribution < -0.4 is 10.1 Å². The molecule has 1 aromatic heterocycles. The van der Waals surface area contributed by atoms with Crippen molar-refractivity contribution in [2.45, 2.75) is 6.92 Å². The maximum atomic E-state index is 10.7. The van der Waals surface area contributed by atoms with Gasteiger partial charge in [-0.1, -0.05) is 6.07 Å². The lowest BCUT2D eigenvalue weighted by Crippen LogP contribution is -1.98. The van der Waals surface area contributed by atoms with E-state index < -0.39 is 5.97 Å². The SMILES string of the molecule is COc1ccc(C)cc1Nc1nc(C(=O)O)cs1. The van der Waals surface area contributed by atoms with Crippen molar-refractivity contribution in [3.05, 3.63) is 34.8 Å². The van der Waals surface area contributed by atoms with Gasteiger partial charge >= 0.3 is 5.97 Å². The van der Waals surface area contributed by atoms with E-state index in [1.54, 1.807) is 7.11 Å². The van der Waals surface area contributed by atoms with Crippen LogP contribution in [0.1, 0.15) is 16.1 Å². The average molecular weight is 264 g/mol. The highest BCUT2D eigenvalue weighted by atomic mass is 32.1. The van der Waals surface area contributed by atoms with Crippen LogP contribution in [0, 0.1) is 6.92 Å². The summed E-state index contributed by atoms with van der Waals surface area (Å²) in [6.07, 6.45) is 0. The van der Waals surface area contributed by atoms with E-state index >= 15 is 0 Å². The number of nitrogens with zero attached hydrogens (tertiary/aromatic N) is 1. The molecule has 94 valence electrons. The molecule has 0 bridgehead atoms. The number of carboxylic acid groups (broad SMARTS) is 1. The van der Waals surface area contributed by atoms with Gasteiger partial charge in [-0.25, -0.2) is 9.78 Å². The number of anilines is 2. The molecule has 0 atom stereocenters. The van der Waals surface area contributed by atoms with Crippen molar-refractivity contribution in [3.63, 3.8) is 0 Å².